The predicted octanol–water partition coefficient (Wildman–Crippen LogP) is 7.05. The smallest absolute Gasteiger partial charge is 0.123 e. The highest BCUT2D eigenvalue weighted by atomic mass is 19.1. The Bertz CT molecular complexity index is 1030. The van der Waals surface area contributed by atoms with Crippen molar-refractivity contribution in [3.63, 3.8) is 0 Å². The molecule has 0 aliphatic carbocycles. The molecule has 140 valence electrons. The predicted molar refractivity (Wildman–Crippen MR) is 118 cm³/mol. The van der Waals surface area contributed by atoms with Gasteiger partial charge < -0.3 is 0 Å². The van der Waals surface area contributed by atoms with E-state index >= 15 is 0 Å². The van der Waals surface area contributed by atoms with E-state index in [9.17, 15) is 4.39 Å². The van der Waals surface area contributed by atoms with Crippen LogP contribution in [0.3, 0.4) is 0 Å². The Hall–Kier alpha value is -3.11. The van der Waals surface area contributed by atoms with Crippen LogP contribution >= 0.6 is 0 Å². The minimum atomic E-state index is -0.213. The van der Waals surface area contributed by atoms with Gasteiger partial charge in [0.2, 0.25) is 0 Å². The van der Waals surface area contributed by atoms with Crippen LogP contribution in [-0.2, 0) is 6.42 Å². The lowest BCUT2D eigenvalue weighted by atomic mass is 10.0. The Morgan fingerprint density at radius 2 is 1.64 bits per heavy atom. The lowest BCUT2D eigenvalue weighted by Crippen LogP contribution is -1.86. The summed E-state index contributed by atoms with van der Waals surface area (Å²) in [6, 6.07) is 21.4. The fourth-order valence-corrected chi connectivity index (χ4v) is 3.15. The molecule has 0 atom stereocenters. The molecule has 0 fully saturated rings. The average Bonchev–Trinajstić information content (AvgIpc) is 2.69. The first-order valence-corrected chi connectivity index (χ1v) is 9.71. The van der Waals surface area contributed by atoms with E-state index in [0.717, 1.165) is 46.2 Å². The van der Waals surface area contributed by atoms with Gasteiger partial charge in [-0.15, -0.1) is 0 Å². The minimum absolute atomic E-state index is 0.213. The van der Waals surface area contributed by atoms with Crippen molar-refractivity contribution in [2.24, 2.45) is 0 Å². The van der Waals surface area contributed by atoms with E-state index in [0.29, 0.717) is 0 Å². The topological polar surface area (TPSA) is 0 Å². The molecule has 28 heavy (non-hydrogen) atoms. The molecular formula is C27H25F. The van der Waals surface area contributed by atoms with Crippen LogP contribution in [0.4, 0.5) is 4.39 Å². The summed E-state index contributed by atoms with van der Waals surface area (Å²) in [5.41, 5.74) is 7.82. The van der Waals surface area contributed by atoms with Gasteiger partial charge in [0.1, 0.15) is 5.82 Å². The molecule has 0 saturated carbocycles. The van der Waals surface area contributed by atoms with Gasteiger partial charge in [0.25, 0.3) is 0 Å². The third-order valence-electron chi connectivity index (χ3n) is 4.77. The Balaban J connectivity index is 1.77. The number of hydrogen-bond acceptors (Lipinski definition) is 0. The van der Waals surface area contributed by atoms with Gasteiger partial charge in [-0.05, 0) is 78.4 Å². The van der Waals surface area contributed by atoms with Gasteiger partial charge in [-0.1, -0.05) is 67.7 Å². The van der Waals surface area contributed by atoms with Gasteiger partial charge in [-0.25, -0.2) is 4.39 Å². The van der Waals surface area contributed by atoms with E-state index in [1.165, 1.54) is 17.7 Å². The van der Waals surface area contributed by atoms with Crippen LogP contribution in [0.5, 0.6) is 0 Å². The lowest BCUT2D eigenvalue weighted by Gasteiger charge is -2.04. The molecule has 0 unspecified atom stereocenters. The average molecular weight is 368 g/mol. The number of allylic oxidation sites excluding steroid dienone is 1. The van der Waals surface area contributed by atoms with Gasteiger partial charge in [-0.3, -0.25) is 0 Å². The molecule has 3 aromatic rings. The summed E-state index contributed by atoms with van der Waals surface area (Å²) in [6.07, 6.45) is 4.38. The van der Waals surface area contributed by atoms with Crippen molar-refractivity contribution in [1.82, 2.24) is 0 Å². The van der Waals surface area contributed by atoms with Crippen molar-refractivity contribution < 1.29 is 4.39 Å². The summed E-state index contributed by atoms with van der Waals surface area (Å²) in [4.78, 5) is 0. The lowest BCUT2D eigenvalue weighted by molar-refractivity contribution is 0.627. The molecule has 3 rings (SSSR count). The van der Waals surface area contributed by atoms with E-state index < -0.39 is 0 Å². The highest BCUT2D eigenvalue weighted by Crippen LogP contribution is 2.20. The maximum absolute atomic E-state index is 13.1. The zero-order valence-electron chi connectivity index (χ0n) is 16.7. The van der Waals surface area contributed by atoms with Crippen molar-refractivity contribution >= 4 is 11.6 Å². The number of aryl methyl sites for hydroxylation is 2. The summed E-state index contributed by atoms with van der Waals surface area (Å²) < 4.78 is 13.1. The summed E-state index contributed by atoms with van der Waals surface area (Å²) in [5.74, 6) is 6.34. The Morgan fingerprint density at radius 1 is 0.929 bits per heavy atom. The second-order valence-corrected chi connectivity index (χ2v) is 7.11. The van der Waals surface area contributed by atoms with E-state index in [4.69, 9.17) is 0 Å². The second kappa shape index (κ2) is 9.20. The van der Waals surface area contributed by atoms with Crippen molar-refractivity contribution in [2.45, 2.75) is 33.6 Å². The quantitative estimate of drug-likeness (QED) is 0.342. The first-order chi connectivity index (χ1) is 13.5. The molecule has 0 aromatic heterocycles. The largest absolute Gasteiger partial charge is 0.207 e. The van der Waals surface area contributed by atoms with E-state index in [2.05, 4.69) is 74.2 Å². The molecule has 1 heteroatoms. The number of rotatable bonds is 4. The van der Waals surface area contributed by atoms with Crippen molar-refractivity contribution in [3.05, 3.63) is 106 Å². The minimum Gasteiger partial charge on any atom is -0.207 e. The van der Waals surface area contributed by atoms with E-state index in [1.807, 2.05) is 6.92 Å². The van der Waals surface area contributed by atoms with Crippen molar-refractivity contribution in [3.8, 4) is 11.8 Å². The van der Waals surface area contributed by atoms with Gasteiger partial charge in [-0.2, -0.15) is 0 Å². The summed E-state index contributed by atoms with van der Waals surface area (Å²) >= 11 is 0. The van der Waals surface area contributed by atoms with Gasteiger partial charge in [0.05, 0.1) is 0 Å². The summed E-state index contributed by atoms with van der Waals surface area (Å²) in [7, 11) is 0. The molecule has 0 aliphatic heterocycles. The molecule has 0 N–H and O–H groups in total. The molecule has 0 spiro atoms. The zero-order chi connectivity index (χ0) is 19.9. The molecule has 0 aliphatic rings. The molecule has 0 radical (unpaired) electrons. The Morgan fingerprint density at radius 3 is 2.29 bits per heavy atom. The van der Waals surface area contributed by atoms with E-state index in [1.54, 1.807) is 12.1 Å². The maximum Gasteiger partial charge on any atom is 0.123 e. The van der Waals surface area contributed by atoms with Gasteiger partial charge in [0.15, 0.2) is 0 Å². The van der Waals surface area contributed by atoms with Crippen molar-refractivity contribution in [1.29, 1.82) is 0 Å². The molecule has 0 amide bonds. The molecule has 0 nitrogen and oxygen atoms in total. The number of benzene rings is 3. The summed E-state index contributed by atoms with van der Waals surface area (Å²) in [5, 5.41) is 0. The first kappa shape index (κ1) is 19.6. The van der Waals surface area contributed by atoms with Crippen LogP contribution in [0.15, 0.2) is 66.7 Å². The third-order valence-corrected chi connectivity index (χ3v) is 4.77. The number of hydrogen-bond donors (Lipinski definition) is 0. The van der Waals surface area contributed by atoms with Gasteiger partial charge >= 0.3 is 0 Å². The van der Waals surface area contributed by atoms with Crippen LogP contribution in [0, 0.1) is 24.6 Å². The second-order valence-electron chi connectivity index (χ2n) is 7.11. The SMILES string of the molecule is CCCc1ccc(C#Cc2ccc(/C=C(\C)c3ccc(F)cc3)cc2C)cc1. The molecule has 0 saturated heterocycles. The number of halogens is 1. The first-order valence-electron chi connectivity index (χ1n) is 9.71. The van der Waals surface area contributed by atoms with Crippen LogP contribution in [0.25, 0.3) is 11.6 Å². The van der Waals surface area contributed by atoms with Crippen LogP contribution in [0.2, 0.25) is 0 Å². The highest BCUT2D eigenvalue weighted by molar-refractivity contribution is 5.80. The Kier molecular flexibility index (Phi) is 6.45. The van der Waals surface area contributed by atoms with Crippen LogP contribution in [0.1, 0.15) is 53.6 Å². The highest BCUT2D eigenvalue weighted by Gasteiger charge is 2.00. The monoisotopic (exact) mass is 368 g/mol. The van der Waals surface area contributed by atoms with Crippen LogP contribution in [-0.4, -0.2) is 0 Å². The maximum atomic E-state index is 13.1. The molecule has 0 bridgehead atoms. The fourth-order valence-electron chi connectivity index (χ4n) is 3.15. The molecular weight excluding hydrogens is 343 g/mol. The summed E-state index contributed by atoms with van der Waals surface area (Å²) in [6.45, 7) is 6.31. The normalized spacial score (nSPS) is 11.1. The zero-order valence-corrected chi connectivity index (χ0v) is 16.7. The molecule has 0 heterocycles. The third kappa shape index (κ3) is 5.21. The fraction of sp³-hybridized carbons (Fsp3) is 0.185. The Labute approximate surface area is 167 Å². The van der Waals surface area contributed by atoms with E-state index in [-0.39, 0.29) is 5.82 Å². The van der Waals surface area contributed by atoms with Gasteiger partial charge in [0, 0.05) is 11.1 Å². The van der Waals surface area contributed by atoms with Crippen LogP contribution < -0.4 is 0 Å². The molecule has 3 aromatic carbocycles. The standard InChI is InChI=1S/C27H25F/c1-4-5-22-6-8-23(9-7-22)10-12-25-13-11-24(18-20(25)2)19-21(3)26-14-16-27(28)17-15-26/h6-9,11,13-19H,4-5H2,1-3H3/b21-19+. The van der Waals surface area contributed by atoms with Crippen molar-refractivity contribution in [2.75, 3.05) is 0 Å².